The lowest BCUT2D eigenvalue weighted by molar-refractivity contribution is -0.130. The normalized spacial score (nSPS) is 26.3. The van der Waals surface area contributed by atoms with Gasteiger partial charge in [-0.15, -0.1) is 0 Å². The minimum absolute atomic E-state index is 0.159. The van der Waals surface area contributed by atoms with Gasteiger partial charge in [0.05, 0.1) is 11.5 Å². The number of hydrogen-bond donors (Lipinski definition) is 2. The van der Waals surface area contributed by atoms with Gasteiger partial charge in [-0.3, -0.25) is 9.59 Å². The van der Waals surface area contributed by atoms with Crippen molar-refractivity contribution in [1.82, 2.24) is 15.3 Å². The molecule has 2 N–H and O–H groups in total. The number of aryl methyl sites for hydroxylation is 1. The zero-order chi connectivity index (χ0) is 21.5. The Bertz CT molecular complexity index is 982. The molecule has 1 aromatic heterocycles. The van der Waals surface area contributed by atoms with Gasteiger partial charge < -0.3 is 15.3 Å². The first-order valence-corrected chi connectivity index (χ1v) is 9.82. The molecule has 158 valence electrons. The predicted octanol–water partition coefficient (Wildman–Crippen LogP) is 2.13. The molecular weight excluding hydrogens is 394 g/mol. The third-order valence-electron chi connectivity index (χ3n) is 5.84. The molecule has 30 heavy (non-hydrogen) atoms. The number of benzene rings is 1. The summed E-state index contributed by atoms with van der Waals surface area (Å²) in [5, 5.41) is 13.3. The number of anilines is 1. The monoisotopic (exact) mass is 416 g/mol. The van der Waals surface area contributed by atoms with E-state index in [0.717, 1.165) is 18.2 Å². The highest BCUT2D eigenvalue weighted by molar-refractivity contribution is 6.00. The second-order valence-corrected chi connectivity index (χ2v) is 8.07. The zero-order valence-corrected chi connectivity index (χ0v) is 16.4. The van der Waals surface area contributed by atoms with Gasteiger partial charge in [0.25, 0.3) is 5.91 Å². The Balaban J connectivity index is 1.52. The first-order valence-electron chi connectivity index (χ1n) is 9.82. The van der Waals surface area contributed by atoms with E-state index in [1.54, 1.807) is 6.92 Å². The second-order valence-electron chi connectivity index (χ2n) is 8.07. The average molecular weight is 416 g/mol. The lowest BCUT2D eigenvalue weighted by atomic mass is 9.69. The summed E-state index contributed by atoms with van der Waals surface area (Å²) in [5.41, 5.74) is -0.516. The van der Waals surface area contributed by atoms with Crippen molar-refractivity contribution in [2.45, 2.75) is 44.8 Å². The van der Waals surface area contributed by atoms with Crippen molar-refractivity contribution >= 4 is 17.5 Å². The molecule has 4 rings (SSSR count). The first kappa shape index (κ1) is 20.3. The van der Waals surface area contributed by atoms with Crippen LogP contribution in [0.2, 0.25) is 0 Å². The molecular formula is C21H22F2N4O3. The van der Waals surface area contributed by atoms with Gasteiger partial charge in [0, 0.05) is 30.5 Å². The Morgan fingerprint density at radius 2 is 2.00 bits per heavy atom. The molecule has 2 heterocycles. The van der Waals surface area contributed by atoms with Crippen LogP contribution >= 0.6 is 0 Å². The molecule has 0 bridgehead atoms. The lowest BCUT2D eigenvalue weighted by Crippen LogP contribution is -2.50. The van der Waals surface area contributed by atoms with E-state index >= 15 is 0 Å². The fourth-order valence-corrected chi connectivity index (χ4v) is 4.59. The molecule has 2 aromatic rings. The molecule has 2 aliphatic rings. The van der Waals surface area contributed by atoms with Gasteiger partial charge in [-0.25, -0.2) is 18.7 Å². The van der Waals surface area contributed by atoms with Gasteiger partial charge in [-0.05, 0) is 50.8 Å². The van der Waals surface area contributed by atoms with E-state index in [4.69, 9.17) is 0 Å². The van der Waals surface area contributed by atoms with Crippen LogP contribution < -0.4 is 10.2 Å². The van der Waals surface area contributed by atoms with Gasteiger partial charge >= 0.3 is 0 Å². The largest absolute Gasteiger partial charge is 0.393 e. The number of carbonyl (C=O) groups excluding carboxylic acids is 2. The van der Waals surface area contributed by atoms with Crippen molar-refractivity contribution in [2.75, 3.05) is 11.4 Å². The van der Waals surface area contributed by atoms with E-state index in [2.05, 4.69) is 15.3 Å². The van der Waals surface area contributed by atoms with Crippen LogP contribution in [0.15, 0.2) is 30.5 Å². The number of rotatable bonds is 3. The number of nitrogens with one attached hydrogen (secondary N) is 1. The van der Waals surface area contributed by atoms with Gasteiger partial charge in [0.15, 0.2) is 0 Å². The van der Waals surface area contributed by atoms with Crippen LogP contribution in [0.25, 0.3) is 0 Å². The molecule has 1 aliphatic heterocycles. The Hall–Kier alpha value is -2.94. The molecule has 2 amide bonds. The summed E-state index contributed by atoms with van der Waals surface area (Å²) in [6.45, 7) is 1.97. The number of halogens is 2. The third-order valence-corrected chi connectivity index (χ3v) is 5.84. The molecule has 1 aromatic carbocycles. The molecule has 2 fully saturated rings. The number of aliphatic hydroxyl groups is 1. The minimum Gasteiger partial charge on any atom is -0.393 e. The van der Waals surface area contributed by atoms with Crippen LogP contribution in [-0.4, -0.2) is 45.6 Å². The van der Waals surface area contributed by atoms with Gasteiger partial charge in [0.1, 0.15) is 23.2 Å². The SMILES string of the molecule is Cc1nccc(C(=O)NC2CC(O)CC3(CCN(c4cc(F)cc(F)c4)C3=O)C2)n1. The van der Waals surface area contributed by atoms with Crippen LogP contribution in [0.4, 0.5) is 14.5 Å². The summed E-state index contributed by atoms with van der Waals surface area (Å²) in [6.07, 6.45) is 2.06. The van der Waals surface area contributed by atoms with Gasteiger partial charge in [0.2, 0.25) is 5.91 Å². The maximum absolute atomic E-state index is 13.6. The molecule has 7 nitrogen and oxygen atoms in total. The predicted molar refractivity (Wildman–Crippen MR) is 104 cm³/mol. The van der Waals surface area contributed by atoms with Crippen LogP contribution in [0, 0.1) is 24.0 Å². The van der Waals surface area contributed by atoms with Crippen LogP contribution in [0.3, 0.4) is 0 Å². The highest BCUT2D eigenvalue weighted by Crippen LogP contribution is 2.46. The molecule has 1 saturated heterocycles. The van der Waals surface area contributed by atoms with E-state index in [9.17, 15) is 23.5 Å². The van der Waals surface area contributed by atoms with Crippen molar-refractivity contribution in [1.29, 1.82) is 0 Å². The number of nitrogens with zero attached hydrogens (tertiary/aromatic N) is 3. The van der Waals surface area contributed by atoms with Crippen molar-refractivity contribution in [3.63, 3.8) is 0 Å². The number of amides is 2. The second kappa shape index (κ2) is 7.71. The standard InChI is InChI=1S/C21H22F2N4O3/c1-12-24-4-2-18(25-12)19(29)26-15-9-17(28)11-21(10-15)3-5-27(20(21)30)16-7-13(22)6-14(23)8-16/h2,4,6-8,15,17,28H,3,5,9-11H2,1H3,(H,26,29). The van der Waals surface area contributed by atoms with Crippen LogP contribution in [0.1, 0.15) is 42.0 Å². The third kappa shape index (κ3) is 3.89. The van der Waals surface area contributed by atoms with Crippen molar-refractivity contribution in [3.8, 4) is 0 Å². The average Bonchev–Trinajstić information content (AvgIpc) is 2.96. The Morgan fingerprint density at radius 3 is 2.70 bits per heavy atom. The smallest absolute Gasteiger partial charge is 0.270 e. The van der Waals surface area contributed by atoms with Gasteiger partial charge in [-0.1, -0.05) is 0 Å². The Labute approximate surface area is 172 Å². The maximum atomic E-state index is 13.6. The fraction of sp³-hybridized carbons (Fsp3) is 0.429. The summed E-state index contributed by atoms with van der Waals surface area (Å²) in [5.74, 6) is -1.74. The summed E-state index contributed by atoms with van der Waals surface area (Å²) >= 11 is 0. The summed E-state index contributed by atoms with van der Waals surface area (Å²) in [6, 6.07) is 4.07. The van der Waals surface area contributed by atoms with Crippen LogP contribution in [-0.2, 0) is 4.79 Å². The lowest BCUT2D eigenvalue weighted by Gasteiger charge is -2.39. The molecule has 3 unspecified atom stereocenters. The Kier molecular flexibility index (Phi) is 5.23. The fourth-order valence-electron chi connectivity index (χ4n) is 4.59. The number of hydrogen-bond acceptors (Lipinski definition) is 5. The van der Waals surface area contributed by atoms with E-state index in [0.29, 0.717) is 31.6 Å². The molecule has 9 heteroatoms. The zero-order valence-electron chi connectivity index (χ0n) is 16.4. The van der Waals surface area contributed by atoms with Crippen molar-refractivity contribution in [2.24, 2.45) is 5.41 Å². The van der Waals surface area contributed by atoms with Crippen molar-refractivity contribution in [3.05, 3.63) is 53.6 Å². The summed E-state index contributed by atoms with van der Waals surface area (Å²) < 4.78 is 27.2. The van der Waals surface area contributed by atoms with E-state index in [1.165, 1.54) is 17.2 Å². The van der Waals surface area contributed by atoms with Crippen molar-refractivity contribution < 1.29 is 23.5 Å². The molecule has 1 aliphatic carbocycles. The molecule has 1 spiro atoms. The molecule has 3 atom stereocenters. The summed E-state index contributed by atoms with van der Waals surface area (Å²) in [4.78, 5) is 35.2. The van der Waals surface area contributed by atoms with E-state index < -0.39 is 35.1 Å². The topological polar surface area (TPSA) is 95.4 Å². The quantitative estimate of drug-likeness (QED) is 0.799. The van der Waals surface area contributed by atoms with Crippen LogP contribution in [0.5, 0.6) is 0 Å². The Morgan fingerprint density at radius 1 is 1.27 bits per heavy atom. The highest BCUT2D eigenvalue weighted by atomic mass is 19.1. The number of carbonyl (C=O) groups is 2. The minimum atomic E-state index is -0.889. The first-order chi connectivity index (χ1) is 14.3. The van der Waals surface area contributed by atoms with E-state index in [1.807, 2.05) is 0 Å². The summed E-state index contributed by atoms with van der Waals surface area (Å²) in [7, 11) is 0. The van der Waals surface area contributed by atoms with E-state index in [-0.39, 0.29) is 23.7 Å². The van der Waals surface area contributed by atoms with Gasteiger partial charge in [-0.2, -0.15) is 0 Å². The molecule has 0 radical (unpaired) electrons. The molecule has 1 saturated carbocycles. The highest BCUT2D eigenvalue weighted by Gasteiger charge is 2.52. The maximum Gasteiger partial charge on any atom is 0.270 e. The number of aromatic nitrogens is 2. The number of aliphatic hydroxyl groups excluding tert-OH is 1.